The molecule has 3 aromatic carbocycles. The summed E-state index contributed by atoms with van der Waals surface area (Å²) in [5.41, 5.74) is 3.20. The highest BCUT2D eigenvalue weighted by molar-refractivity contribution is 8.01. The van der Waals surface area contributed by atoms with Gasteiger partial charge in [-0.3, -0.25) is 13.9 Å². The van der Waals surface area contributed by atoms with E-state index in [1.807, 2.05) is 54.6 Å². The standard InChI is InChI=1S/C29H37NO7P2S/c1-34-38(32,35-2)28(39(33,36-3)37-4)21-14-22-30-27(31)23-40-29(24-15-8-5-9-16-24,25-17-10-6-11-18-25)26-19-12-7-13-20-26/h5-13,15-20,28H,14,21-23H2,1-4H3,(H,30,31). The van der Waals surface area contributed by atoms with E-state index in [0.717, 1.165) is 16.7 Å². The lowest BCUT2D eigenvalue weighted by atomic mass is 9.84. The Labute approximate surface area is 241 Å². The fraction of sp³-hybridized carbons (Fsp3) is 0.345. The van der Waals surface area contributed by atoms with Gasteiger partial charge in [0, 0.05) is 35.0 Å². The Bertz CT molecular complexity index is 1160. The summed E-state index contributed by atoms with van der Waals surface area (Å²) in [6.07, 6.45) is 0.489. The van der Waals surface area contributed by atoms with Gasteiger partial charge in [-0.2, -0.15) is 0 Å². The minimum atomic E-state index is -3.78. The average molecular weight is 606 g/mol. The summed E-state index contributed by atoms with van der Waals surface area (Å²) in [7, 11) is -2.65. The second-order valence-electron chi connectivity index (χ2n) is 8.85. The summed E-state index contributed by atoms with van der Waals surface area (Å²) in [6, 6.07) is 30.5. The van der Waals surface area contributed by atoms with Crippen LogP contribution < -0.4 is 5.32 Å². The Morgan fingerprint density at radius 2 is 1.10 bits per heavy atom. The molecular formula is C29H37NO7P2S. The van der Waals surface area contributed by atoms with Gasteiger partial charge in [0.2, 0.25) is 5.91 Å². The van der Waals surface area contributed by atoms with Gasteiger partial charge in [-0.15, -0.1) is 11.8 Å². The van der Waals surface area contributed by atoms with Crippen LogP contribution in [0.5, 0.6) is 0 Å². The molecule has 0 unspecified atom stereocenters. The third-order valence-electron chi connectivity index (χ3n) is 6.67. The van der Waals surface area contributed by atoms with E-state index in [9.17, 15) is 13.9 Å². The summed E-state index contributed by atoms with van der Waals surface area (Å²) in [4.78, 5) is 13.1. The van der Waals surface area contributed by atoms with Gasteiger partial charge in [0.05, 0.1) is 10.5 Å². The molecule has 40 heavy (non-hydrogen) atoms. The summed E-state index contributed by atoms with van der Waals surface area (Å²) in [6.45, 7) is 0.270. The number of hydrogen-bond donors (Lipinski definition) is 1. The molecular weight excluding hydrogens is 568 g/mol. The highest BCUT2D eigenvalue weighted by atomic mass is 32.2. The van der Waals surface area contributed by atoms with Crippen molar-refractivity contribution in [1.29, 1.82) is 0 Å². The van der Waals surface area contributed by atoms with E-state index in [1.54, 1.807) is 11.8 Å². The Morgan fingerprint density at radius 1 is 0.725 bits per heavy atom. The molecule has 3 aromatic rings. The lowest BCUT2D eigenvalue weighted by Gasteiger charge is -2.35. The Hall–Kier alpha value is -2.22. The topological polar surface area (TPSA) is 100 Å². The molecule has 8 nitrogen and oxygen atoms in total. The molecule has 0 spiro atoms. The zero-order valence-corrected chi connectivity index (χ0v) is 25.8. The third-order valence-corrected chi connectivity index (χ3v) is 13.9. The van der Waals surface area contributed by atoms with Crippen LogP contribution in [0.15, 0.2) is 91.0 Å². The van der Waals surface area contributed by atoms with Gasteiger partial charge in [0.25, 0.3) is 0 Å². The maximum Gasteiger partial charge on any atom is 0.345 e. The predicted molar refractivity (Wildman–Crippen MR) is 161 cm³/mol. The van der Waals surface area contributed by atoms with Crippen LogP contribution in [-0.2, 0) is 36.8 Å². The van der Waals surface area contributed by atoms with E-state index in [1.165, 1.54) is 28.4 Å². The molecule has 3 rings (SSSR count). The lowest BCUT2D eigenvalue weighted by Crippen LogP contribution is -2.32. The smallest absolute Gasteiger partial charge is 0.345 e. The fourth-order valence-electron chi connectivity index (χ4n) is 4.63. The zero-order chi connectivity index (χ0) is 29.1. The van der Waals surface area contributed by atoms with Crippen LogP contribution in [0, 0.1) is 0 Å². The van der Waals surface area contributed by atoms with Crippen molar-refractivity contribution in [2.45, 2.75) is 23.0 Å². The van der Waals surface area contributed by atoms with E-state index in [4.69, 9.17) is 18.1 Å². The van der Waals surface area contributed by atoms with Crippen molar-refractivity contribution >= 4 is 32.9 Å². The molecule has 0 saturated carbocycles. The molecule has 0 fully saturated rings. The second-order valence-corrected chi connectivity index (χ2v) is 15.3. The summed E-state index contributed by atoms with van der Waals surface area (Å²) in [5, 5.41) is 1.81. The summed E-state index contributed by atoms with van der Waals surface area (Å²) >= 11 is 1.54. The van der Waals surface area contributed by atoms with Crippen molar-refractivity contribution in [2.75, 3.05) is 40.7 Å². The first kappa shape index (κ1) is 32.3. The zero-order valence-electron chi connectivity index (χ0n) is 23.2. The van der Waals surface area contributed by atoms with E-state index < -0.39 is 25.3 Å². The van der Waals surface area contributed by atoms with Gasteiger partial charge in [0.15, 0.2) is 5.40 Å². The minimum Gasteiger partial charge on any atom is -0.355 e. The van der Waals surface area contributed by atoms with E-state index >= 15 is 0 Å². The van der Waals surface area contributed by atoms with Gasteiger partial charge in [-0.25, -0.2) is 0 Å². The highest BCUT2D eigenvalue weighted by Gasteiger charge is 2.48. The normalized spacial score (nSPS) is 12.4. The van der Waals surface area contributed by atoms with Crippen LogP contribution in [0.3, 0.4) is 0 Å². The predicted octanol–water partition coefficient (Wildman–Crippen LogP) is 6.91. The number of hydrogen-bond acceptors (Lipinski definition) is 8. The number of nitrogens with one attached hydrogen (secondary N) is 1. The maximum atomic E-state index is 13.1. The Balaban J connectivity index is 1.77. The molecule has 0 aliphatic heterocycles. The Kier molecular flexibility index (Phi) is 12.2. The van der Waals surface area contributed by atoms with Crippen molar-refractivity contribution in [1.82, 2.24) is 5.32 Å². The van der Waals surface area contributed by atoms with Crippen LogP contribution in [0.1, 0.15) is 29.5 Å². The van der Waals surface area contributed by atoms with Crippen molar-refractivity contribution in [3.05, 3.63) is 108 Å². The first-order valence-corrected chi connectivity index (χ1v) is 17.0. The average Bonchev–Trinajstić information content (AvgIpc) is 3.02. The van der Waals surface area contributed by atoms with E-state index in [-0.39, 0.29) is 24.6 Å². The molecule has 1 N–H and O–H groups in total. The van der Waals surface area contributed by atoms with Crippen molar-refractivity contribution in [2.24, 2.45) is 0 Å². The van der Waals surface area contributed by atoms with Crippen LogP contribution in [0.4, 0.5) is 0 Å². The van der Waals surface area contributed by atoms with Gasteiger partial charge in [0.1, 0.15) is 0 Å². The molecule has 0 atom stereocenters. The first-order valence-electron chi connectivity index (χ1n) is 12.8. The number of benzene rings is 3. The molecule has 0 radical (unpaired) electrons. The van der Waals surface area contributed by atoms with Crippen molar-refractivity contribution in [3.8, 4) is 0 Å². The van der Waals surface area contributed by atoms with Crippen LogP contribution >= 0.6 is 27.0 Å². The molecule has 0 aromatic heterocycles. The van der Waals surface area contributed by atoms with Crippen molar-refractivity contribution in [3.63, 3.8) is 0 Å². The first-order chi connectivity index (χ1) is 19.3. The minimum absolute atomic E-state index is 0.132. The highest BCUT2D eigenvalue weighted by Crippen LogP contribution is 2.70. The van der Waals surface area contributed by atoms with E-state index in [2.05, 4.69) is 41.7 Å². The quantitative estimate of drug-likeness (QED) is 0.107. The molecule has 0 heterocycles. The summed E-state index contributed by atoms with van der Waals surface area (Å²) < 4.78 is 45.9. The summed E-state index contributed by atoms with van der Waals surface area (Å²) in [5.74, 6) is 0.0304. The maximum absolute atomic E-state index is 13.1. The van der Waals surface area contributed by atoms with Gasteiger partial charge in [-0.1, -0.05) is 91.0 Å². The molecule has 0 aliphatic carbocycles. The fourth-order valence-corrected chi connectivity index (χ4v) is 10.8. The Morgan fingerprint density at radius 3 is 1.45 bits per heavy atom. The lowest BCUT2D eigenvalue weighted by molar-refractivity contribution is -0.118. The molecule has 11 heteroatoms. The monoisotopic (exact) mass is 605 g/mol. The van der Waals surface area contributed by atoms with Crippen LogP contribution in [0.25, 0.3) is 0 Å². The molecule has 1 amide bonds. The van der Waals surface area contributed by atoms with Gasteiger partial charge in [-0.05, 0) is 29.5 Å². The number of carbonyl (C=O) groups excluding carboxylic acids is 1. The van der Waals surface area contributed by atoms with Gasteiger partial charge >= 0.3 is 15.2 Å². The van der Waals surface area contributed by atoms with Crippen LogP contribution in [-0.4, -0.2) is 52.0 Å². The molecule has 216 valence electrons. The van der Waals surface area contributed by atoms with Crippen LogP contribution in [0.2, 0.25) is 0 Å². The number of amides is 1. The van der Waals surface area contributed by atoms with E-state index in [0.29, 0.717) is 6.42 Å². The number of thioether (sulfide) groups is 1. The number of carbonyl (C=O) groups is 1. The van der Waals surface area contributed by atoms with Gasteiger partial charge < -0.3 is 23.4 Å². The van der Waals surface area contributed by atoms with Crippen molar-refractivity contribution < 1.29 is 32.0 Å². The molecule has 0 aliphatic rings. The third kappa shape index (κ3) is 7.34. The largest absolute Gasteiger partial charge is 0.355 e. The molecule has 0 saturated heterocycles. The molecule has 0 bridgehead atoms. The SMILES string of the molecule is COP(=O)(OC)C(CCCNC(=O)CSC(c1ccccc1)(c1ccccc1)c1ccccc1)P(=O)(OC)OC. The number of rotatable bonds is 16. The second kappa shape index (κ2) is 15.1.